The Kier molecular flexibility index (Phi) is 6.69. The van der Waals surface area contributed by atoms with Gasteiger partial charge in [-0.3, -0.25) is 0 Å². The van der Waals surface area contributed by atoms with Crippen molar-refractivity contribution in [2.45, 2.75) is 57.2 Å². The molecule has 2 atom stereocenters. The van der Waals surface area contributed by atoms with Crippen LogP contribution in [0.25, 0.3) is 12.2 Å². The van der Waals surface area contributed by atoms with Crippen molar-refractivity contribution in [2.24, 2.45) is 10.8 Å². The topological polar surface area (TPSA) is 0 Å². The van der Waals surface area contributed by atoms with Gasteiger partial charge in [-0.2, -0.15) is 0 Å². The predicted octanol–water partition coefficient (Wildman–Crippen LogP) is 9.20. The van der Waals surface area contributed by atoms with Gasteiger partial charge in [0.1, 0.15) is 0 Å². The first-order chi connectivity index (χ1) is 13.6. The van der Waals surface area contributed by atoms with E-state index in [9.17, 15) is 0 Å². The largest absolute Gasteiger partial charge is 0.147 e. The van der Waals surface area contributed by atoms with Crippen LogP contribution in [0.1, 0.15) is 71.1 Å². The molecular weight excluding hydrogens is 586 g/mol. The van der Waals surface area contributed by atoms with Crippen molar-refractivity contribution in [2.75, 3.05) is 0 Å². The van der Waals surface area contributed by atoms with Gasteiger partial charge in [0.2, 0.25) is 0 Å². The summed E-state index contributed by atoms with van der Waals surface area (Å²) in [6, 6.07) is 18.6. The molecule has 2 aromatic carbocycles. The molecule has 0 spiro atoms. The van der Waals surface area contributed by atoms with E-state index in [2.05, 4.69) is 102 Å². The van der Waals surface area contributed by atoms with Crippen molar-refractivity contribution in [3.8, 4) is 0 Å². The van der Waals surface area contributed by atoms with Gasteiger partial charge >= 0.3 is 182 Å². The summed E-state index contributed by atoms with van der Waals surface area (Å²) in [5.41, 5.74) is 10.3. The van der Waals surface area contributed by atoms with Gasteiger partial charge in [0, 0.05) is 0 Å². The van der Waals surface area contributed by atoms with Crippen LogP contribution in [0, 0.1) is 10.8 Å². The Labute approximate surface area is 205 Å². The molecule has 0 N–H and O–H groups in total. The molecule has 2 aliphatic carbocycles. The third-order valence-electron chi connectivity index (χ3n) is 7.57. The molecule has 1 aliphatic heterocycles. The van der Waals surface area contributed by atoms with Crippen LogP contribution in [0.2, 0.25) is 8.35 Å². The standard InChI is InChI=1S/2C13H15.C2H4.2ClH.Hf/c2*1-13(2,3)12-8-10-6-4-5-7-11(10)9-12;1-2;;;/h2*4-9H,1-3H3;1-2H2;2*1H;. The van der Waals surface area contributed by atoms with E-state index in [0.717, 1.165) is 7.35 Å². The van der Waals surface area contributed by atoms with Crippen LogP contribution in [0.4, 0.5) is 0 Å². The van der Waals surface area contributed by atoms with Crippen molar-refractivity contribution in [1.82, 2.24) is 0 Å². The summed E-state index contributed by atoms with van der Waals surface area (Å²) in [4.78, 5) is 0. The SMILES string of the molecule is CC(C)(C)C1=Cc2ccccc2[CH]1[Hf]1([CH]2C(C(C)(C)C)=Cc3ccccc32)[CH2][CH2]1.Cl.Cl. The Bertz CT molecular complexity index is 964. The Morgan fingerprint density at radius 1 is 0.613 bits per heavy atom. The average molecular weight is 622 g/mol. The molecule has 5 rings (SSSR count). The van der Waals surface area contributed by atoms with Crippen LogP contribution >= 0.6 is 24.8 Å². The summed E-state index contributed by atoms with van der Waals surface area (Å²) in [6.07, 6.45) is 5.14. The fraction of sp³-hybridized carbons (Fsp3) is 0.429. The zero-order chi connectivity index (χ0) is 20.6. The molecule has 166 valence electrons. The second-order valence-electron chi connectivity index (χ2n) is 11.6. The van der Waals surface area contributed by atoms with E-state index in [1.54, 1.807) is 30.6 Å². The Balaban J connectivity index is 0.00000136. The number of halogens is 2. The molecule has 0 radical (unpaired) electrons. The Morgan fingerprint density at radius 3 is 1.29 bits per heavy atom. The van der Waals surface area contributed by atoms with E-state index in [-0.39, 0.29) is 35.6 Å². The Hall–Kier alpha value is -0.630. The van der Waals surface area contributed by atoms with Gasteiger partial charge in [-0.25, -0.2) is 0 Å². The monoisotopic (exact) mass is 622 g/mol. The third-order valence-corrected chi connectivity index (χ3v) is 26.2. The number of benzene rings is 2. The van der Waals surface area contributed by atoms with Crippen molar-refractivity contribution in [3.05, 3.63) is 81.9 Å². The van der Waals surface area contributed by atoms with Crippen molar-refractivity contribution >= 4 is 37.0 Å². The molecule has 31 heavy (non-hydrogen) atoms. The van der Waals surface area contributed by atoms with Crippen LogP contribution in [0.15, 0.2) is 59.7 Å². The first-order valence-corrected chi connectivity index (χ1v) is 20.5. The summed E-state index contributed by atoms with van der Waals surface area (Å²) < 4.78 is 4.60. The number of hydrogen-bond donors (Lipinski definition) is 0. The molecule has 0 amide bonds. The maximum Gasteiger partial charge on any atom is -0.147 e. The molecule has 2 aromatic rings. The summed E-state index contributed by atoms with van der Waals surface area (Å²) in [7, 11) is 0. The minimum absolute atomic E-state index is 0. The summed E-state index contributed by atoms with van der Waals surface area (Å²) in [5, 5.41) is 0. The van der Waals surface area contributed by atoms with Crippen LogP contribution in [-0.4, -0.2) is 0 Å². The molecule has 0 nitrogen and oxygen atoms in total. The van der Waals surface area contributed by atoms with Gasteiger partial charge in [0.25, 0.3) is 0 Å². The maximum atomic E-state index is 2.57. The van der Waals surface area contributed by atoms with Gasteiger partial charge in [0.05, 0.1) is 0 Å². The molecule has 0 bridgehead atoms. The first kappa shape index (κ1) is 25.0. The quantitative estimate of drug-likeness (QED) is 0.293. The molecule has 1 saturated heterocycles. The van der Waals surface area contributed by atoms with Gasteiger partial charge in [-0.1, -0.05) is 0 Å². The van der Waals surface area contributed by atoms with Crippen LogP contribution in [0.5, 0.6) is 0 Å². The van der Waals surface area contributed by atoms with Crippen molar-refractivity contribution in [3.63, 3.8) is 0 Å². The smallest absolute Gasteiger partial charge is 0.147 e. The number of allylic oxidation sites excluding steroid dienone is 2. The maximum absolute atomic E-state index is 2.71. The minimum atomic E-state index is -2.71. The van der Waals surface area contributed by atoms with Gasteiger partial charge in [0.15, 0.2) is 0 Å². The molecule has 0 aromatic heterocycles. The normalized spacial score (nSPS) is 23.0. The van der Waals surface area contributed by atoms with Crippen molar-refractivity contribution < 1.29 is 20.0 Å². The average Bonchev–Trinajstić information content (AvgIpc) is 3.16. The predicted molar refractivity (Wildman–Crippen MR) is 137 cm³/mol. The fourth-order valence-electron chi connectivity index (χ4n) is 6.07. The molecular formula is C28H36Cl2Hf. The van der Waals surface area contributed by atoms with Crippen molar-refractivity contribution in [1.29, 1.82) is 0 Å². The summed E-state index contributed by atoms with van der Waals surface area (Å²) in [6.45, 7) is 14.6. The molecule has 1 fully saturated rings. The van der Waals surface area contributed by atoms with E-state index in [4.69, 9.17) is 0 Å². The summed E-state index contributed by atoms with van der Waals surface area (Å²) >= 11 is -2.71. The van der Waals surface area contributed by atoms with Gasteiger partial charge in [-0.05, 0) is 0 Å². The van der Waals surface area contributed by atoms with E-state index in [1.807, 2.05) is 0 Å². The van der Waals surface area contributed by atoms with E-state index < -0.39 is 20.0 Å². The zero-order valence-corrected chi connectivity index (χ0v) is 24.9. The number of hydrogen-bond acceptors (Lipinski definition) is 0. The number of fused-ring (bicyclic) bond motifs is 2. The van der Waals surface area contributed by atoms with Gasteiger partial charge < -0.3 is 0 Å². The van der Waals surface area contributed by atoms with Crippen LogP contribution < -0.4 is 0 Å². The molecule has 1 heterocycles. The fourth-order valence-corrected chi connectivity index (χ4v) is 35.4. The minimum Gasteiger partial charge on any atom is -0.147 e. The van der Waals surface area contributed by atoms with E-state index in [1.165, 1.54) is 11.1 Å². The summed E-state index contributed by atoms with van der Waals surface area (Å²) in [5.74, 6) is 0. The third kappa shape index (κ3) is 3.98. The van der Waals surface area contributed by atoms with Gasteiger partial charge in [-0.15, -0.1) is 24.8 Å². The van der Waals surface area contributed by atoms with E-state index in [0.29, 0.717) is 0 Å². The molecule has 2 unspecified atom stereocenters. The van der Waals surface area contributed by atoms with E-state index >= 15 is 0 Å². The first-order valence-electron chi connectivity index (χ1n) is 11.2. The van der Waals surface area contributed by atoms with Crippen LogP contribution in [0.3, 0.4) is 0 Å². The zero-order valence-electron chi connectivity index (χ0n) is 19.7. The molecule has 3 aliphatic rings. The second kappa shape index (κ2) is 8.30. The molecule has 0 saturated carbocycles. The molecule has 3 heteroatoms. The van der Waals surface area contributed by atoms with Crippen LogP contribution in [-0.2, 0) is 20.0 Å². The number of rotatable bonds is 2. The Morgan fingerprint density at radius 2 is 0.968 bits per heavy atom. The second-order valence-corrected chi connectivity index (χ2v) is 28.2.